The zero-order chi connectivity index (χ0) is 15.0. The van der Waals surface area contributed by atoms with Crippen LogP contribution >= 0.6 is 0 Å². The Hall–Kier alpha value is -0.960. The fraction of sp³-hybridized carbons (Fsp3) is 0.750. The summed E-state index contributed by atoms with van der Waals surface area (Å²) >= 11 is 0. The molecule has 116 valence electrons. The van der Waals surface area contributed by atoms with Crippen LogP contribution in [0.2, 0.25) is 0 Å². The van der Waals surface area contributed by atoms with Crippen LogP contribution in [-0.2, 0) is 21.3 Å². The molecule has 0 aliphatic rings. The van der Waals surface area contributed by atoms with Gasteiger partial charge in [-0.05, 0) is 13.5 Å². The molecular weight excluding hydrogens is 280 g/mol. The molecule has 0 unspecified atom stereocenters. The van der Waals surface area contributed by atoms with Crippen LogP contribution in [0.3, 0.4) is 0 Å². The molecule has 0 radical (unpaired) electrons. The van der Waals surface area contributed by atoms with E-state index in [9.17, 15) is 8.42 Å². The second kappa shape index (κ2) is 8.35. The maximum atomic E-state index is 12.6. The number of hydrogen-bond acceptors (Lipinski definition) is 5. The number of nitrogens with zero attached hydrogens (tertiary/aromatic N) is 2. The first-order valence-electron chi connectivity index (χ1n) is 6.88. The molecule has 1 aromatic rings. The van der Waals surface area contributed by atoms with Crippen LogP contribution < -0.4 is 5.32 Å². The first-order chi connectivity index (χ1) is 9.57. The van der Waals surface area contributed by atoms with Gasteiger partial charge in [-0.2, -0.15) is 9.40 Å². The number of H-pyrrole nitrogens is 1. The average Bonchev–Trinajstić information content (AvgIpc) is 2.90. The standard InChI is InChI=1S/C12H24N4O3S/c1-4-13-9-11-10-14-15-12(11)20(17,18)16(5-2)7-8-19-6-3/h10,13H,4-9H2,1-3H3,(H,14,15). The number of rotatable bonds is 10. The van der Waals surface area contributed by atoms with Gasteiger partial charge in [0.25, 0.3) is 10.0 Å². The highest BCUT2D eigenvalue weighted by atomic mass is 32.2. The molecule has 0 saturated carbocycles. The van der Waals surface area contributed by atoms with Crippen LogP contribution in [0.5, 0.6) is 0 Å². The van der Waals surface area contributed by atoms with Gasteiger partial charge in [0.2, 0.25) is 0 Å². The van der Waals surface area contributed by atoms with Gasteiger partial charge in [-0.1, -0.05) is 13.8 Å². The number of aromatic nitrogens is 2. The van der Waals surface area contributed by atoms with Crippen LogP contribution in [0.25, 0.3) is 0 Å². The summed E-state index contributed by atoms with van der Waals surface area (Å²) in [6.07, 6.45) is 1.55. The van der Waals surface area contributed by atoms with Crippen LogP contribution in [0.4, 0.5) is 0 Å². The Labute approximate surface area is 120 Å². The van der Waals surface area contributed by atoms with E-state index in [1.54, 1.807) is 6.20 Å². The van der Waals surface area contributed by atoms with Crippen LogP contribution in [-0.4, -0.2) is 55.8 Å². The van der Waals surface area contributed by atoms with E-state index < -0.39 is 10.0 Å². The maximum Gasteiger partial charge on any atom is 0.260 e. The number of aromatic amines is 1. The van der Waals surface area contributed by atoms with Crippen LogP contribution in [0, 0.1) is 0 Å². The van der Waals surface area contributed by atoms with E-state index in [0.29, 0.717) is 38.4 Å². The lowest BCUT2D eigenvalue weighted by atomic mass is 10.3. The number of likely N-dealkylation sites (N-methyl/N-ethyl adjacent to an activating group) is 1. The Morgan fingerprint density at radius 1 is 1.40 bits per heavy atom. The molecular formula is C12H24N4O3S. The van der Waals surface area contributed by atoms with E-state index in [0.717, 1.165) is 6.54 Å². The Morgan fingerprint density at radius 2 is 2.15 bits per heavy atom. The number of hydrogen-bond donors (Lipinski definition) is 2. The van der Waals surface area contributed by atoms with Crippen molar-refractivity contribution in [3.63, 3.8) is 0 Å². The molecule has 0 aromatic carbocycles. The van der Waals surface area contributed by atoms with Gasteiger partial charge in [0, 0.05) is 31.8 Å². The topological polar surface area (TPSA) is 87.3 Å². The SMILES string of the molecule is CCNCc1cn[nH]c1S(=O)(=O)N(CC)CCOCC. The van der Waals surface area contributed by atoms with Crippen molar-refractivity contribution in [2.45, 2.75) is 32.3 Å². The smallest absolute Gasteiger partial charge is 0.260 e. The summed E-state index contributed by atoms with van der Waals surface area (Å²) in [7, 11) is -3.55. The first kappa shape index (κ1) is 17.1. The lowest BCUT2D eigenvalue weighted by Crippen LogP contribution is -2.35. The molecule has 0 atom stereocenters. The zero-order valence-electron chi connectivity index (χ0n) is 12.3. The van der Waals surface area contributed by atoms with Gasteiger partial charge in [0.1, 0.15) is 0 Å². The third kappa shape index (κ3) is 4.27. The second-order valence-corrected chi connectivity index (χ2v) is 6.07. The summed E-state index contributed by atoms with van der Waals surface area (Å²) in [5, 5.41) is 9.72. The van der Waals surface area contributed by atoms with Gasteiger partial charge in [-0.3, -0.25) is 5.10 Å². The van der Waals surface area contributed by atoms with Crippen molar-refractivity contribution in [3.8, 4) is 0 Å². The molecule has 1 heterocycles. The highest BCUT2D eigenvalue weighted by Crippen LogP contribution is 2.17. The predicted molar refractivity (Wildman–Crippen MR) is 76.9 cm³/mol. The molecule has 0 aliphatic heterocycles. The fourth-order valence-electron chi connectivity index (χ4n) is 1.80. The molecule has 2 N–H and O–H groups in total. The van der Waals surface area contributed by atoms with Crippen molar-refractivity contribution < 1.29 is 13.2 Å². The van der Waals surface area contributed by atoms with Crippen LogP contribution in [0.1, 0.15) is 26.3 Å². The Balaban J connectivity index is 2.87. The van der Waals surface area contributed by atoms with E-state index in [2.05, 4.69) is 15.5 Å². The van der Waals surface area contributed by atoms with E-state index in [1.807, 2.05) is 20.8 Å². The molecule has 0 bridgehead atoms. The third-order valence-electron chi connectivity index (χ3n) is 2.88. The maximum absolute atomic E-state index is 12.6. The normalized spacial score (nSPS) is 12.2. The van der Waals surface area contributed by atoms with Gasteiger partial charge in [0.15, 0.2) is 5.03 Å². The summed E-state index contributed by atoms with van der Waals surface area (Å²) in [6, 6.07) is 0. The number of sulfonamides is 1. The molecule has 0 aliphatic carbocycles. The van der Waals surface area contributed by atoms with Crippen molar-refractivity contribution in [2.75, 3.05) is 32.8 Å². The highest BCUT2D eigenvalue weighted by Gasteiger charge is 2.27. The molecule has 7 nitrogen and oxygen atoms in total. The fourth-order valence-corrected chi connectivity index (χ4v) is 3.33. The van der Waals surface area contributed by atoms with Crippen molar-refractivity contribution in [1.82, 2.24) is 19.8 Å². The summed E-state index contributed by atoms with van der Waals surface area (Å²) in [5.74, 6) is 0. The van der Waals surface area contributed by atoms with Gasteiger partial charge in [-0.25, -0.2) is 8.42 Å². The first-order valence-corrected chi connectivity index (χ1v) is 8.32. The number of ether oxygens (including phenoxy) is 1. The molecule has 8 heteroatoms. The Morgan fingerprint density at radius 3 is 2.75 bits per heavy atom. The minimum atomic E-state index is -3.55. The second-order valence-electron chi connectivity index (χ2n) is 4.20. The molecule has 0 saturated heterocycles. The number of nitrogens with one attached hydrogen (secondary N) is 2. The monoisotopic (exact) mass is 304 g/mol. The molecule has 0 amide bonds. The van der Waals surface area contributed by atoms with Crippen molar-refractivity contribution in [3.05, 3.63) is 11.8 Å². The van der Waals surface area contributed by atoms with E-state index in [1.165, 1.54) is 4.31 Å². The largest absolute Gasteiger partial charge is 0.380 e. The predicted octanol–water partition coefficient (Wildman–Crippen LogP) is 0.566. The average molecular weight is 304 g/mol. The Bertz CT molecular complexity index is 487. The van der Waals surface area contributed by atoms with Gasteiger partial charge in [0.05, 0.1) is 12.8 Å². The van der Waals surface area contributed by atoms with Gasteiger partial charge >= 0.3 is 0 Å². The summed E-state index contributed by atoms with van der Waals surface area (Å²) in [4.78, 5) is 0. The van der Waals surface area contributed by atoms with Gasteiger partial charge < -0.3 is 10.1 Å². The summed E-state index contributed by atoms with van der Waals surface area (Å²) in [6.45, 7) is 8.61. The lowest BCUT2D eigenvalue weighted by molar-refractivity contribution is 0.135. The lowest BCUT2D eigenvalue weighted by Gasteiger charge is -2.20. The third-order valence-corrected chi connectivity index (χ3v) is 4.87. The van der Waals surface area contributed by atoms with E-state index >= 15 is 0 Å². The minimum Gasteiger partial charge on any atom is -0.380 e. The zero-order valence-corrected chi connectivity index (χ0v) is 13.2. The van der Waals surface area contributed by atoms with E-state index in [-0.39, 0.29) is 5.03 Å². The van der Waals surface area contributed by atoms with Gasteiger partial charge in [-0.15, -0.1) is 0 Å². The summed E-state index contributed by atoms with van der Waals surface area (Å²) < 4.78 is 31.8. The quantitative estimate of drug-likeness (QED) is 0.617. The van der Waals surface area contributed by atoms with Crippen molar-refractivity contribution in [2.24, 2.45) is 0 Å². The summed E-state index contributed by atoms with van der Waals surface area (Å²) in [5.41, 5.74) is 0.654. The van der Waals surface area contributed by atoms with Crippen LogP contribution in [0.15, 0.2) is 11.2 Å². The van der Waals surface area contributed by atoms with Crippen molar-refractivity contribution in [1.29, 1.82) is 0 Å². The Kier molecular flexibility index (Phi) is 7.14. The molecule has 1 rings (SSSR count). The van der Waals surface area contributed by atoms with E-state index in [4.69, 9.17) is 4.74 Å². The minimum absolute atomic E-state index is 0.164. The molecule has 20 heavy (non-hydrogen) atoms. The molecule has 0 spiro atoms. The highest BCUT2D eigenvalue weighted by molar-refractivity contribution is 7.89. The van der Waals surface area contributed by atoms with Crippen molar-refractivity contribution >= 4 is 10.0 Å². The molecule has 1 aromatic heterocycles. The molecule has 0 fully saturated rings.